The van der Waals surface area contributed by atoms with Crippen LogP contribution < -0.4 is 21.3 Å². The van der Waals surface area contributed by atoms with Crippen LogP contribution in [0.3, 0.4) is 0 Å². The number of nitrogens with zero attached hydrogens (tertiary/aromatic N) is 1. The minimum absolute atomic E-state index is 0.121. The van der Waals surface area contributed by atoms with Gasteiger partial charge in [-0.3, -0.25) is 14.4 Å². The predicted molar refractivity (Wildman–Crippen MR) is 72.2 cm³/mol. The zero-order chi connectivity index (χ0) is 15.2. The average molecular weight is 297 g/mol. The van der Waals surface area contributed by atoms with Crippen LogP contribution in [0.2, 0.25) is 0 Å². The molecule has 2 fully saturated rings. The number of amides is 5. The highest BCUT2D eigenvalue weighted by molar-refractivity contribution is 5.89. The Morgan fingerprint density at radius 2 is 1.62 bits per heavy atom. The maximum atomic E-state index is 12.0. The Morgan fingerprint density at radius 1 is 0.905 bits per heavy atom. The Labute approximate surface area is 121 Å². The molecule has 4 N–H and O–H groups in total. The molecule has 0 aromatic carbocycles. The molecule has 1 unspecified atom stereocenters. The van der Waals surface area contributed by atoms with Gasteiger partial charge in [-0.2, -0.15) is 0 Å². The summed E-state index contributed by atoms with van der Waals surface area (Å²) in [6, 6.07) is -0.711. The maximum absolute atomic E-state index is 12.0. The van der Waals surface area contributed by atoms with Crippen molar-refractivity contribution in [1.29, 1.82) is 0 Å². The van der Waals surface area contributed by atoms with Crippen LogP contribution in [0.25, 0.3) is 0 Å². The number of urea groups is 1. The molecule has 0 spiro atoms. The van der Waals surface area contributed by atoms with Gasteiger partial charge in [0.15, 0.2) is 0 Å². The average Bonchev–Trinajstić information content (AvgIpc) is 2.48. The topological polar surface area (TPSA) is 120 Å². The lowest BCUT2D eigenvalue weighted by Crippen LogP contribution is -2.54. The largest absolute Gasteiger partial charge is 0.350 e. The van der Waals surface area contributed by atoms with Crippen molar-refractivity contribution in [2.45, 2.75) is 18.9 Å². The molecule has 9 nitrogen and oxygen atoms in total. The highest BCUT2D eigenvalue weighted by atomic mass is 16.2. The Hall–Kier alpha value is -2.32. The van der Waals surface area contributed by atoms with Gasteiger partial charge in [0, 0.05) is 19.1 Å². The van der Waals surface area contributed by atoms with Crippen LogP contribution in [0.5, 0.6) is 0 Å². The van der Waals surface area contributed by atoms with Gasteiger partial charge in [0.05, 0.1) is 19.6 Å². The molecule has 2 aliphatic rings. The fraction of sp³-hybridized carbons (Fsp3) is 0.667. The number of rotatable bonds is 0. The van der Waals surface area contributed by atoms with Gasteiger partial charge in [0.1, 0.15) is 0 Å². The molecule has 0 aromatic rings. The first-order valence-electron chi connectivity index (χ1n) is 6.90. The van der Waals surface area contributed by atoms with Crippen molar-refractivity contribution in [3.63, 3.8) is 0 Å². The summed E-state index contributed by atoms with van der Waals surface area (Å²) in [6.45, 7) is 0.508. The molecule has 116 valence electrons. The first-order chi connectivity index (χ1) is 10.0. The fourth-order valence-electron chi connectivity index (χ4n) is 2.33. The summed E-state index contributed by atoms with van der Waals surface area (Å²) in [4.78, 5) is 48.2. The van der Waals surface area contributed by atoms with E-state index >= 15 is 0 Å². The van der Waals surface area contributed by atoms with E-state index in [-0.39, 0.29) is 37.5 Å². The van der Waals surface area contributed by atoms with Gasteiger partial charge in [-0.1, -0.05) is 0 Å². The van der Waals surface area contributed by atoms with Crippen LogP contribution in [0, 0.1) is 0 Å². The molecule has 0 aromatic heterocycles. The third kappa shape index (κ3) is 4.62. The molecule has 2 bridgehead atoms. The fourth-order valence-corrected chi connectivity index (χ4v) is 2.33. The number of hydrogen-bond donors (Lipinski definition) is 4. The molecular formula is C12H19N5O4. The summed E-state index contributed by atoms with van der Waals surface area (Å²) < 4.78 is 0. The van der Waals surface area contributed by atoms with E-state index in [4.69, 9.17) is 0 Å². The van der Waals surface area contributed by atoms with Crippen molar-refractivity contribution in [2.24, 2.45) is 0 Å². The van der Waals surface area contributed by atoms with Gasteiger partial charge in [0.25, 0.3) is 0 Å². The smallest absolute Gasteiger partial charge is 0.315 e. The summed E-state index contributed by atoms with van der Waals surface area (Å²) in [7, 11) is 0. The lowest BCUT2D eigenvalue weighted by molar-refractivity contribution is -0.132. The summed E-state index contributed by atoms with van der Waals surface area (Å²) in [5.74, 6) is -0.969. The molecule has 1 atom stereocenters. The van der Waals surface area contributed by atoms with E-state index in [1.807, 2.05) is 0 Å². The Morgan fingerprint density at radius 3 is 2.43 bits per heavy atom. The van der Waals surface area contributed by atoms with Crippen LogP contribution in [-0.2, 0) is 14.4 Å². The number of nitrogens with one attached hydrogen (secondary N) is 4. The lowest BCUT2D eigenvalue weighted by Gasteiger charge is -2.33. The molecule has 21 heavy (non-hydrogen) atoms. The Balaban J connectivity index is 2.01. The molecule has 0 aliphatic carbocycles. The predicted octanol–water partition coefficient (Wildman–Crippen LogP) is -2.48. The molecule has 9 heteroatoms. The van der Waals surface area contributed by atoms with E-state index in [0.717, 1.165) is 12.8 Å². The SMILES string of the molecule is O=C1CNC(=O)NCC(=O)N2CCCC(C2)NC(=O)CN1. The molecule has 2 saturated heterocycles. The van der Waals surface area contributed by atoms with Gasteiger partial charge in [-0.15, -0.1) is 0 Å². The van der Waals surface area contributed by atoms with Crippen LogP contribution in [0.1, 0.15) is 12.8 Å². The Kier molecular flexibility index (Phi) is 4.96. The minimum Gasteiger partial charge on any atom is -0.350 e. The lowest BCUT2D eigenvalue weighted by atomic mass is 10.1. The molecular weight excluding hydrogens is 278 g/mol. The van der Waals surface area contributed by atoms with Crippen molar-refractivity contribution in [2.75, 3.05) is 32.7 Å². The minimum atomic E-state index is -0.589. The van der Waals surface area contributed by atoms with E-state index in [1.165, 1.54) is 0 Å². The second-order valence-electron chi connectivity index (χ2n) is 5.06. The molecule has 5 amide bonds. The van der Waals surface area contributed by atoms with Crippen molar-refractivity contribution < 1.29 is 19.2 Å². The number of carbonyl (C=O) groups excluding carboxylic acids is 4. The van der Waals surface area contributed by atoms with E-state index in [0.29, 0.717) is 13.1 Å². The van der Waals surface area contributed by atoms with Crippen molar-refractivity contribution in [1.82, 2.24) is 26.2 Å². The molecule has 0 radical (unpaired) electrons. The highest BCUT2D eigenvalue weighted by Gasteiger charge is 2.25. The zero-order valence-corrected chi connectivity index (χ0v) is 11.6. The number of piperidine rings is 1. The summed E-state index contributed by atoms with van der Waals surface area (Å²) in [6.07, 6.45) is 1.58. The normalized spacial score (nSPS) is 25.1. The molecule has 0 saturated carbocycles. The van der Waals surface area contributed by atoms with E-state index in [9.17, 15) is 19.2 Å². The first-order valence-corrected chi connectivity index (χ1v) is 6.90. The van der Waals surface area contributed by atoms with Gasteiger partial charge in [-0.25, -0.2) is 4.79 Å². The van der Waals surface area contributed by atoms with E-state index < -0.39 is 11.9 Å². The third-order valence-corrected chi connectivity index (χ3v) is 3.39. The van der Waals surface area contributed by atoms with Gasteiger partial charge >= 0.3 is 6.03 Å². The molecule has 2 heterocycles. The molecule has 2 aliphatic heterocycles. The first kappa shape index (κ1) is 15.1. The van der Waals surface area contributed by atoms with Crippen molar-refractivity contribution in [3.8, 4) is 0 Å². The standard InChI is InChI=1S/C12H19N5O4/c18-9-4-14-12(21)15-6-11(20)17-3-1-2-8(7-17)16-10(19)5-13-9/h8H,1-7H2,(H,13,18)(H,16,19)(H2,14,15,21). The van der Waals surface area contributed by atoms with Gasteiger partial charge in [-0.05, 0) is 12.8 Å². The van der Waals surface area contributed by atoms with Gasteiger partial charge in [0.2, 0.25) is 17.7 Å². The van der Waals surface area contributed by atoms with Crippen molar-refractivity contribution >= 4 is 23.8 Å². The van der Waals surface area contributed by atoms with E-state index in [2.05, 4.69) is 21.3 Å². The quantitative estimate of drug-likeness (QED) is 0.396. The number of hydrogen-bond acceptors (Lipinski definition) is 4. The second kappa shape index (κ2) is 6.91. The van der Waals surface area contributed by atoms with Gasteiger partial charge < -0.3 is 26.2 Å². The number of fused-ring (bicyclic) bond motifs is 2. The Bertz CT molecular complexity index is 453. The van der Waals surface area contributed by atoms with Crippen LogP contribution in [0.4, 0.5) is 4.79 Å². The maximum Gasteiger partial charge on any atom is 0.315 e. The van der Waals surface area contributed by atoms with E-state index in [1.54, 1.807) is 4.90 Å². The monoisotopic (exact) mass is 297 g/mol. The summed E-state index contributed by atoms with van der Waals surface area (Å²) >= 11 is 0. The van der Waals surface area contributed by atoms with Crippen LogP contribution in [-0.4, -0.2) is 67.4 Å². The zero-order valence-electron chi connectivity index (χ0n) is 11.6. The van der Waals surface area contributed by atoms with Crippen molar-refractivity contribution in [3.05, 3.63) is 0 Å². The summed E-state index contributed by atoms with van der Waals surface area (Å²) in [5.41, 5.74) is 0. The second-order valence-corrected chi connectivity index (χ2v) is 5.06. The highest BCUT2D eigenvalue weighted by Crippen LogP contribution is 2.10. The summed E-state index contributed by atoms with van der Waals surface area (Å²) in [5, 5.41) is 9.94. The number of carbonyl (C=O) groups is 4. The third-order valence-electron chi connectivity index (χ3n) is 3.39. The van der Waals surface area contributed by atoms with Crippen LogP contribution in [0.15, 0.2) is 0 Å². The van der Waals surface area contributed by atoms with Crippen LogP contribution >= 0.6 is 0 Å². The molecule has 2 rings (SSSR count).